The third-order valence-corrected chi connectivity index (χ3v) is 11.7. The second kappa shape index (κ2) is 10.8. The fourth-order valence-electron chi connectivity index (χ4n) is 9.04. The van der Waals surface area contributed by atoms with E-state index in [1.165, 1.54) is 82.5 Å². The Morgan fingerprint density at radius 2 is 0.961 bits per heavy atom. The topological polar surface area (TPSA) is 3.24 Å². The first-order valence-corrected chi connectivity index (χ1v) is 18.1. The molecule has 0 fully saturated rings. The second-order valence-corrected chi connectivity index (χ2v) is 15.5. The second-order valence-electron chi connectivity index (χ2n) is 15.5. The van der Waals surface area contributed by atoms with Crippen LogP contribution in [-0.4, -0.2) is 0 Å². The molecule has 2 aliphatic carbocycles. The SMILES string of the molecule is CC1(C)c2cc(C=Cc3cc4c5c(ccc6cccc(c65)C4(C)C)c3)ccc2-c2ccc(N(c3ccccc3)c3ccc4ccccc4c3)cc21. The van der Waals surface area contributed by atoms with E-state index in [-0.39, 0.29) is 10.8 Å². The van der Waals surface area contributed by atoms with Gasteiger partial charge in [-0.3, -0.25) is 0 Å². The van der Waals surface area contributed by atoms with Gasteiger partial charge in [-0.1, -0.05) is 149 Å². The van der Waals surface area contributed by atoms with Gasteiger partial charge in [0, 0.05) is 27.9 Å². The average Bonchev–Trinajstić information content (AvgIpc) is 3.53. The molecule has 0 saturated heterocycles. The molecule has 2 aliphatic rings. The third-order valence-electron chi connectivity index (χ3n) is 11.7. The van der Waals surface area contributed by atoms with E-state index >= 15 is 0 Å². The molecule has 0 saturated carbocycles. The lowest BCUT2D eigenvalue weighted by molar-refractivity contribution is 0.660. The summed E-state index contributed by atoms with van der Waals surface area (Å²) in [5, 5.41) is 8.01. The molecule has 10 rings (SSSR count). The van der Waals surface area contributed by atoms with E-state index in [9.17, 15) is 0 Å². The lowest BCUT2D eigenvalue weighted by Gasteiger charge is -2.28. The Morgan fingerprint density at radius 3 is 1.80 bits per heavy atom. The number of hydrogen-bond donors (Lipinski definition) is 0. The highest BCUT2D eigenvalue weighted by Gasteiger charge is 2.37. The number of para-hydroxylation sites is 1. The monoisotopic (exact) mass is 653 g/mol. The molecule has 0 aliphatic heterocycles. The summed E-state index contributed by atoms with van der Waals surface area (Å²) in [5.41, 5.74) is 14.1. The van der Waals surface area contributed by atoms with Crippen molar-refractivity contribution in [1.82, 2.24) is 0 Å². The molecule has 0 atom stereocenters. The highest BCUT2D eigenvalue weighted by molar-refractivity contribution is 6.15. The molecule has 0 aromatic heterocycles. The summed E-state index contributed by atoms with van der Waals surface area (Å²) in [5.74, 6) is 0. The van der Waals surface area contributed by atoms with Gasteiger partial charge in [-0.05, 0) is 119 Å². The van der Waals surface area contributed by atoms with E-state index in [2.05, 4.69) is 196 Å². The molecule has 0 heterocycles. The quantitative estimate of drug-likeness (QED) is 0.132. The van der Waals surface area contributed by atoms with E-state index in [1.54, 1.807) is 0 Å². The summed E-state index contributed by atoms with van der Waals surface area (Å²) in [7, 11) is 0. The van der Waals surface area contributed by atoms with E-state index < -0.39 is 0 Å². The molecule has 244 valence electrons. The Kier molecular flexibility index (Phi) is 6.34. The van der Waals surface area contributed by atoms with Crippen LogP contribution in [0, 0.1) is 0 Å². The highest BCUT2D eigenvalue weighted by Crippen LogP contribution is 2.52. The first kappa shape index (κ1) is 29.9. The summed E-state index contributed by atoms with van der Waals surface area (Å²) in [4.78, 5) is 2.39. The first-order valence-electron chi connectivity index (χ1n) is 18.1. The van der Waals surface area contributed by atoms with Crippen molar-refractivity contribution >= 4 is 61.5 Å². The van der Waals surface area contributed by atoms with Crippen LogP contribution in [0.1, 0.15) is 61.1 Å². The molecule has 0 N–H and O–H groups in total. The van der Waals surface area contributed by atoms with Gasteiger partial charge in [0.25, 0.3) is 0 Å². The average molecular weight is 654 g/mol. The van der Waals surface area contributed by atoms with Gasteiger partial charge in [0.15, 0.2) is 0 Å². The number of fused-ring (bicyclic) bond motifs is 4. The molecule has 51 heavy (non-hydrogen) atoms. The Labute approximate surface area is 300 Å². The minimum absolute atomic E-state index is 0.0160. The molecule has 0 spiro atoms. The van der Waals surface area contributed by atoms with Gasteiger partial charge in [-0.15, -0.1) is 0 Å². The largest absolute Gasteiger partial charge is 0.310 e. The van der Waals surface area contributed by atoms with Crippen molar-refractivity contribution < 1.29 is 0 Å². The Bertz CT molecular complexity index is 2740. The summed E-state index contributed by atoms with van der Waals surface area (Å²) < 4.78 is 0. The van der Waals surface area contributed by atoms with Crippen LogP contribution >= 0.6 is 0 Å². The van der Waals surface area contributed by atoms with E-state index in [1.807, 2.05) is 0 Å². The van der Waals surface area contributed by atoms with Crippen LogP contribution in [0.5, 0.6) is 0 Å². The normalized spacial score (nSPS) is 14.9. The molecule has 1 nitrogen and oxygen atoms in total. The first-order chi connectivity index (χ1) is 24.8. The standard InChI is InChI=1S/C50H39N/c1-49(2)43-16-10-13-35-20-21-37-27-33(29-46(49)48(37)47(35)43)18-17-32-19-25-41-42-26-24-40(31-45(42)50(3,4)44(41)28-32)51(38-14-6-5-7-15-38)39-23-22-34-11-8-9-12-36(34)30-39/h5-31H,1-4H3. The van der Waals surface area contributed by atoms with Crippen molar-refractivity contribution in [2.45, 2.75) is 38.5 Å². The lowest BCUT2D eigenvalue weighted by Crippen LogP contribution is -2.16. The maximum Gasteiger partial charge on any atom is 0.0468 e. The van der Waals surface area contributed by atoms with Gasteiger partial charge in [-0.2, -0.15) is 0 Å². The van der Waals surface area contributed by atoms with Crippen LogP contribution in [0.4, 0.5) is 17.1 Å². The van der Waals surface area contributed by atoms with Crippen molar-refractivity contribution in [3.8, 4) is 11.1 Å². The van der Waals surface area contributed by atoms with Crippen molar-refractivity contribution in [1.29, 1.82) is 0 Å². The zero-order chi connectivity index (χ0) is 34.5. The summed E-state index contributed by atoms with van der Waals surface area (Å²) in [6, 6.07) is 56.3. The van der Waals surface area contributed by atoms with E-state index in [0.29, 0.717) is 0 Å². The molecule has 0 bridgehead atoms. The van der Waals surface area contributed by atoms with Crippen LogP contribution in [0.25, 0.3) is 55.6 Å². The van der Waals surface area contributed by atoms with Gasteiger partial charge < -0.3 is 4.90 Å². The molecule has 1 heteroatoms. The molecular formula is C50H39N. The molecule has 8 aromatic carbocycles. The molecule has 8 aromatic rings. The van der Waals surface area contributed by atoms with Gasteiger partial charge >= 0.3 is 0 Å². The van der Waals surface area contributed by atoms with Crippen molar-refractivity contribution in [2.75, 3.05) is 4.90 Å². The number of nitrogens with zero attached hydrogens (tertiary/aromatic N) is 1. The van der Waals surface area contributed by atoms with Crippen molar-refractivity contribution in [2.24, 2.45) is 0 Å². The Balaban J connectivity index is 1.02. The van der Waals surface area contributed by atoms with Gasteiger partial charge in [0.05, 0.1) is 0 Å². The van der Waals surface area contributed by atoms with Crippen LogP contribution in [-0.2, 0) is 10.8 Å². The third kappa shape index (κ3) is 4.47. The predicted octanol–water partition coefficient (Wildman–Crippen LogP) is 13.7. The molecule has 0 unspecified atom stereocenters. The molecule has 0 radical (unpaired) electrons. The zero-order valence-electron chi connectivity index (χ0n) is 29.5. The Morgan fingerprint density at radius 1 is 0.373 bits per heavy atom. The van der Waals surface area contributed by atoms with Gasteiger partial charge in [0.1, 0.15) is 0 Å². The summed E-state index contributed by atoms with van der Waals surface area (Å²) >= 11 is 0. The minimum atomic E-state index is -0.147. The number of anilines is 3. The Hall–Kier alpha value is -5.92. The fourth-order valence-corrected chi connectivity index (χ4v) is 9.04. The number of hydrogen-bond acceptors (Lipinski definition) is 1. The molecule has 0 amide bonds. The van der Waals surface area contributed by atoms with Crippen molar-refractivity contribution in [3.63, 3.8) is 0 Å². The smallest absolute Gasteiger partial charge is 0.0468 e. The van der Waals surface area contributed by atoms with Crippen molar-refractivity contribution in [3.05, 3.63) is 185 Å². The summed E-state index contributed by atoms with van der Waals surface area (Å²) in [6.07, 6.45) is 4.60. The number of benzene rings is 8. The van der Waals surface area contributed by atoms with Crippen LogP contribution in [0.2, 0.25) is 0 Å². The maximum absolute atomic E-state index is 2.42. The van der Waals surface area contributed by atoms with Gasteiger partial charge in [0.2, 0.25) is 0 Å². The maximum atomic E-state index is 2.42. The van der Waals surface area contributed by atoms with Crippen LogP contribution in [0.3, 0.4) is 0 Å². The minimum Gasteiger partial charge on any atom is -0.310 e. The van der Waals surface area contributed by atoms with E-state index in [0.717, 1.165) is 11.4 Å². The van der Waals surface area contributed by atoms with Crippen LogP contribution in [0.15, 0.2) is 152 Å². The summed E-state index contributed by atoms with van der Waals surface area (Å²) in [6.45, 7) is 9.50. The zero-order valence-corrected chi connectivity index (χ0v) is 29.5. The van der Waals surface area contributed by atoms with Gasteiger partial charge in [-0.25, -0.2) is 0 Å². The fraction of sp³-hybridized carbons (Fsp3) is 0.120. The van der Waals surface area contributed by atoms with E-state index in [4.69, 9.17) is 0 Å². The predicted molar refractivity (Wildman–Crippen MR) is 219 cm³/mol. The highest BCUT2D eigenvalue weighted by atomic mass is 15.1. The number of rotatable bonds is 5. The lowest BCUT2D eigenvalue weighted by atomic mass is 9.81. The molecular weight excluding hydrogens is 615 g/mol. The van der Waals surface area contributed by atoms with Crippen LogP contribution < -0.4 is 4.90 Å².